The molecule has 4 rings (SSSR count). The summed E-state index contributed by atoms with van der Waals surface area (Å²) >= 11 is 0. The van der Waals surface area contributed by atoms with Gasteiger partial charge in [-0.25, -0.2) is 9.78 Å². The Morgan fingerprint density at radius 2 is 1.85 bits per heavy atom. The zero-order valence-electron chi connectivity index (χ0n) is 18.5. The molecular weight excluding hydrogens is 416 g/mol. The number of nitriles is 1. The van der Waals surface area contributed by atoms with Gasteiger partial charge < -0.3 is 10.4 Å². The molecule has 0 saturated heterocycles. The molecule has 3 aromatic carbocycles. The van der Waals surface area contributed by atoms with Gasteiger partial charge in [-0.05, 0) is 61.9 Å². The number of anilines is 1. The maximum atomic E-state index is 13.2. The largest absolute Gasteiger partial charge is 0.478 e. The first-order valence-corrected chi connectivity index (χ1v) is 10.4. The molecule has 0 saturated carbocycles. The monoisotopic (exact) mass is 438 g/mol. The molecule has 1 atom stereocenters. The number of carbonyl (C=O) groups is 1. The number of para-hydroxylation sites is 1. The number of aromatic carboxylic acids is 1. The molecule has 7 heteroatoms. The highest BCUT2D eigenvalue weighted by Crippen LogP contribution is 2.29. The van der Waals surface area contributed by atoms with Crippen LogP contribution in [0.2, 0.25) is 0 Å². The molecule has 33 heavy (non-hydrogen) atoms. The summed E-state index contributed by atoms with van der Waals surface area (Å²) in [4.78, 5) is 29.7. The molecule has 0 unspecified atom stereocenters. The van der Waals surface area contributed by atoms with Gasteiger partial charge in [0.15, 0.2) is 0 Å². The van der Waals surface area contributed by atoms with Gasteiger partial charge in [-0.1, -0.05) is 18.2 Å². The maximum absolute atomic E-state index is 13.2. The summed E-state index contributed by atoms with van der Waals surface area (Å²) < 4.78 is 1.50. The van der Waals surface area contributed by atoms with E-state index in [1.807, 2.05) is 26.0 Å². The highest BCUT2D eigenvalue weighted by Gasteiger charge is 2.19. The average Bonchev–Trinajstić information content (AvgIpc) is 2.81. The Kier molecular flexibility index (Phi) is 5.67. The Labute approximate surface area is 190 Å². The molecule has 0 aliphatic carbocycles. The van der Waals surface area contributed by atoms with E-state index in [4.69, 9.17) is 10.2 Å². The number of aromatic nitrogens is 2. The van der Waals surface area contributed by atoms with Gasteiger partial charge in [0.1, 0.15) is 5.82 Å². The molecule has 1 aromatic heterocycles. The van der Waals surface area contributed by atoms with Crippen LogP contribution in [0.25, 0.3) is 22.3 Å². The lowest BCUT2D eigenvalue weighted by Crippen LogP contribution is -2.22. The Morgan fingerprint density at radius 3 is 2.52 bits per heavy atom. The topological polar surface area (TPSA) is 108 Å². The van der Waals surface area contributed by atoms with Gasteiger partial charge in [0, 0.05) is 23.9 Å². The summed E-state index contributed by atoms with van der Waals surface area (Å²) in [7, 11) is 1.68. The van der Waals surface area contributed by atoms with Crippen LogP contribution >= 0.6 is 0 Å². The first-order chi connectivity index (χ1) is 15.8. The lowest BCUT2D eigenvalue weighted by atomic mass is 10.00. The average molecular weight is 438 g/mol. The lowest BCUT2D eigenvalue weighted by molar-refractivity contribution is 0.0698. The summed E-state index contributed by atoms with van der Waals surface area (Å²) in [6.45, 7) is 3.82. The van der Waals surface area contributed by atoms with Crippen molar-refractivity contribution in [1.82, 2.24) is 9.55 Å². The van der Waals surface area contributed by atoms with Gasteiger partial charge in [-0.2, -0.15) is 5.26 Å². The van der Waals surface area contributed by atoms with Crippen LogP contribution in [0.4, 0.5) is 5.69 Å². The summed E-state index contributed by atoms with van der Waals surface area (Å²) in [5.41, 5.74) is 3.97. The van der Waals surface area contributed by atoms with Crippen molar-refractivity contribution < 1.29 is 9.90 Å². The third-order valence-corrected chi connectivity index (χ3v) is 5.62. The van der Waals surface area contributed by atoms with E-state index in [1.54, 1.807) is 55.6 Å². The number of hydrogen-bond donors (Lipinski definition) is 2. The molecule has 0 aliphatic rings. The second kappa shape index (κ2) is 8.60. The van der Waals surface area contributed by atoms with Crippen LogP contribution in [-0.4, -0.2) is 20.6 Å². The molecule has 0 fully saturated rings. The Bertz CT molecular complexity index is 1480. The zero-order valence-corrected chi connectivity index (χ0v) is 18.5. The minimum absolute atomic E-state index is 0.170. The summed E-state index contributed by atoms with van der Waals surface area (Å²) in [6, 6.07) is 19.2. The van der Waals surface area contributed by atoms with Crippen molar-refractivity contribution >= 4 is 22.6 Å². The molecule has 4 aromatic rings. The summed E-state index contributed by atoms with van der Waals surface area (Å²) in [6.07, 6.45) is 0. The van der Waals surface area contributed by atoms with Crippen molar-refractivity contribution in [3.05, 3.63) is 93.3 Å². The number of carboxylic acid groups (broad SMARTS) is 1. The molecule has 1 heterocycles. The molecule has 0 amide bonds. The van der Waals surface area contributed by atoms with Gasteiger partial charge in [-0.15, -0.1) is 0 Å². The van der Waals surface area contributed by atoms with Gasteiger partial charge >= 0.3 is 5.97 Å². The van der Waals surface area contributed by atoms with E-state index in [1.165, 1.54) is 4.57 Å². The lowest BCUT2D eigenvalue weighted by Gasteiger charge is -2.20. The van der Waals surface area contributed by atoms with E-state index in [0.29, 0.717) is 28.0 Å². The van der Waals surface area contributed by atoms with Crippen LogP contribution in [0, 0.1) is 18.3 Å². The van der Waals surface area contributed by atoms with Crippen molar-refractivity contribution in [2.75, 3.05) is 5.32 Å². The van der Waals surface area contributed by atoms with Crippen molar-refractivity contribution in [3.63, 3.8) is 0 Å². The number of nitrogens with one attached hydrogen (secondary N) is 1. The van der Waals surface area contributed by atoms with Crippen molar-refractivity contribution in [3.8, 4) is 17.5 Å². The van der Waals surface area contributed by atoms with E-state index >= 15 is 0 Å². The fourth-order valence-electron chi connectivity index (χ4n) is 3.94. The van der Waals surface area contributed by atoms with Crippen LogP contribution in [0.5, 0.6) is 0 Å². The van der Waals surface area contributed by atoms with Gasteiger partial charge in [0.05, 0.1) is 34.1 Å². The molecule has 0 aliphatic heterocycles. The fourth-order valence-corrected chi connectivity index (χ4v) is 3.94. The minimum Gasteiger partial charge on any atom is -0.478 e. The molecule has 164 valence electrons. The van der Waals surface area contributed by atoms with E-state index in [9.17, 15) is 14.7 Å². The first kappa shape index (κ1) is 21.8. The van der Waals surface area contributed by atoms with Crippen LogP contribution in [-0.2, 0) is 7.05 Å². The fraction of sp³-hybridized carbons (Fsp3) is 0.154. The minimum atomic E-state index is -1.02. The smallest absolute Gasteiger partial charge is 0.337 e. The number of rotatable bonds is 5. The highest BCUT2D eigenvalue weighted by molar-refractivity contribution is 5.94. The molecule has 7 nitrogen and oxygen atoms in total. The number of benzene rings is 3. The summed E-state index contributed by atoms with van der Waals surface area (Å²) in [5, 5.41) is 22.3. The predicted octanol–water partition coefficient (Wildman–Crippen LogP) is 4.65. The zero-order chi connectivity index (χ0) is 23.7. The van der Waals surface area contributed by atoms with Crippen molar-refractivity contribution in [2.45, 2.75) is 19.9 Å². The standard InChI is InChI=1S/C26H22N4O3/c1-15-12-20(16(2)28-22-7-5-4-6-19(22)26(32)33)23-21(13-15)25(31)30(3)24(29-23)18-10-8-17(14-27)9-11-18/h4-13,16,28H,1-3H3,(H,32,33)/t16-/m1/s1. The third kappa shape index (κ3) is 4.06. The predicted molar refractivity (Wildman–Crippen MR) is 127 cm³/mol. The Morgan fingerprint density at radius 1 is 1.15 bits per heavy atom. The molecular formula is C26H22N4O3. The third-order valence-electron chi connectivity index (χ3n) is 5.62. The van der Waals surface area contributed by atoms with Crippen LogP contribution in [0.15, 0.2) is 65.5 Å². The Hall–Kier alpha value is -4.44. The van der Waals surface area contributed by atoms with Crippen LogP contribution in [0.1, 0.15) is 40.0 Å². The summed E-state index contributed by atoms with van der Waals surface area (Å²) in [5.74, 6) is -0.533. The SMILES string of the molecule is Cc1cc([C@@H](C)Nc2ccccc2C(=O)O)c2nc(-c3ccc(C#N)cc3)n(C)c(=O)c2c1. The van der Waals surface area contributed by atoms with E-state index < -0.39 is 5.97 Å². The second-order valence-corrected chi connectivity index (χ2v) is 7.96. The number of nitrogens with zero attached hydrogens (tertiary/aromatic N) is 3. The molecule has 2 N–H and O–H groups in total. The van der Waals surface area contributed by atoms with Crippen LogP contribution in [0.3, 0.4) is 0 Å². The number of carboxylic acids is 1. The van der Waals surface area contributed by atoms with Gasteiger partial charge in [0.25, 0.3) is 5.56 Å². The Balaban J connectivity index is 1.88. The van der Waals surface area contributed by atoms with Crippen molar-refractivity contribution in [1.29, 1.82) is 5.26 Å². The number of fused-ring (bicyclic) bond motifs is 1. The van der Waals surface area contributed by atoms with E-state index in [0.717, 1.165) is 16.7 Å². The first-order valence-electron chi connectivity index (χ1n) is 10.4. The van der Waals surface area contributed by atoms with E-state index in [2.05, 4.69) is 11.4 Å². The molecule has 0 spiro atoms. The normalized spacial score (nSPS) is 11.7. The number of hydrogen-bond acceptors (Lipinski definition) is 5. The quantitative estimate of drug-likeness (QED) is 0.469. The van der Waals surface area contributed by atoms with E-state index in [-0.39, 0.29) is 17.2 Å². The highest BCUT2D eigenvalue weighted by atomic mass is 16.4. The van der Waals surface area contributed by atoms with Crippen molar-refractivity contribution in [2.24, 2.45) is 7.05 Å². The number of aryl methyl sites for hydroxylation is 1. The van der Waals surface area contributed by atoms with Gasteiger partial charge in [0.2, 0.25) is 0 Å². The van der Waals surface area contributed by atoms with Gasteiger partial charge in [-0.3, -0.25) is 9.36 Å². The second-order valence-electron chi connectivity index (χ2n) is 7.96. The molecule has 0 radical (unpaired) electrons. The maximum Gasteiger partial charge on any atom is 0.337 e. The molecule has 0 bridgehead atoms. The van der Waals surface area contributed by atoms with Crippen LogP contribution < -0.4 is 10.9 Å².